The van der Waals surface area contributed by atoms with E-state index in [1.54, 1.807) is 0 Å². The van der Waals surface area contributed by atoms with Gasteiger partial charge in [-0.2, -0.15) is 4.98 Å². The van der Waals surface area contributed by atoms with Gasteiger partial charge in [-0.3, -0.25) is 0 Å². The van der Waals surface area contributed by atoms with E-state index in [0.717, 1.165) is 18.8 Å². The fourth-order valence-electron chi connectivity index (χ4n) is 2.01. The molecule has 5 nitrogen and oxygen atoms in total. The third-order valence-corrected chi connectivity index (χ3v) is 3.05. The van der Waals surface area contributed by atoms with Crippen LogP contribution in [0, 0.1) is 0 Å². The molecule has 1 aromatic rings. The number of hydrogen-bond donors (Lipinski definition) is 1. The number of nitrogens with zero attached hydrogens (tertiary/aromatic N) is 3. The summed E-state index contributed by atoms with van der Waals surface area (Å²) in [5.74, 6) is 0.811. The van der Waals surface area contributed by atoms with Crippen molar-refractivity contribution in [1.29, 1.82) is 0 Å². The molecule has 0 atom stereocenters. The summed E-state index contributed by atoms with van der Waals surface area (Å²) in [6.45, 7) is 3.38. The van der Waals surface area contributed by atoms with Gasteiger partial charge in [-0.05, 0) is 33.0 Å². The number of nitrogens with one attached hydrogen (secondary N) is 1. The molecule has 1 aliphatic heterocycles. The van der Waals surface area contributed by atoms with Crippen LogP contribution in [-0.2, 0) is 6.42 Å². The van der Waals surface area contributed by atoms with Gasteiger partial charge in [-0.25, -0.2) is 0 Å². The number of piperidine rings is 1. The summed E-state index contributed by atoms with van der Waals surface area (Å²) in [7, 11) is 2.04. The maximum absolute atomic E-state index is 4.70. The van der Waals surface area contributed by atoms with E-state index in [9.17, 15) is 0 Å². The molecule has 0 radical (unpaired) electrons. The molecule has 2 rings (SSSR count). The monoisotopic (exact) mass is 210 g/mol. The Bertz CT molecular complexity index is 267. The van der Waals surface area contributed by atoms with Crippen LogP contribution in [0.15, 0.2) is 10.9 Å². The van der Waals surface area contributed by atoms with E-state index in [2.05, 4.69) is 20.4 Å². The molecule has 84 valence electrons. The van der Waals surface area contributed by atoms with E-state index in [1.807, 2.05) is 7.05 Å². The molecule has 0 amide bonds. The van der Waals surface area contributed by atoms with Crippen LogP contribution >= 0.6 is 0 Å². The minimum Gasteiger partial charge on any atom is -0.343 e. The predicted octanol–water partition coefficient (Wildman–Crippen LogP) is 0.296. The highest BCUT2D eigenvalue weighted by atomic mass is 16.5. The molecule has 1 saturated heterocycles. The first-order valence-electron chi connectivity index (χ1n) is 5.53. The molecule has 0 unspecified atom stereocenters. The van der Waals surface area contributed by atoms with Crippen molar-refractivity contribution in [3.63, 3.8) is 0 Å². The maximum atomic E-state index is 4.70. The summed E-state index contributed by atoms with van der Waals surface area (Å²) in [6, 6.07) is 0.700. The Morgan fingerprint density at radius 1 is 1.53 bits per heavy atom. The lowest BCUT2D eigenvalue weighted by Crippen LogP contribution is -2.41. The zero-order chi connectivity index (χ0) is 10.5. The largest absolute Gasteiger partial charge is 0.343 e. The molecule has 0 aliphatic carbocycles. The van der Waals surface area contributed by atoms with Gasteiger partial charge < -0.3 is 14.7 Å². The smallest absolute Gasteiger partial charge is 0.213 e. The molecule has 0 saturated carbocycles. The molecule has 15 heavy (non-hydrogen) atoms. The van der Waals surface area contributed by atoms with Crippen LogP contribution in [0.4, 0.5) is 0 Å². The van der Waals surface area contributed by atoms with Gasteiger partial charge >= 0.3 is 0 Å². The van der Waals surface area contributed by atoms with E-state index in [0.29, 0.717) is 6.04 Å². The fraction of sp³-hybridized carbons (Fsp3) is 0.800. The van der Waals surface area contributed by atoms with Crippen LogP contribution in [0.2, 0.25) is 0 Å². The van der Waals surface area contributed by atoms with Crippen LogP contribution in [0.3, 0.4) is 0 Å². The molecule has 0 spiro atoms. The second kappa shape index (κ2) is 5.23. The van der Waals surface area contributed by atoms with E-state index in [-0.39, 0.29) is 0 Å². The maximum Gasteiger partial charge on any atom is 0.213 e. The number of aromatic nitrogens is 2. The molecule has 1 fully saturated rings. The Labute approximate surface area is 89.8 Å². The Balaban J connectivity index is 1.69. The number of likely N-dealkylation sites (tertiary alicyclic amines) is 1. The minimum absolute atomic E-state index is 0.700. The van der Waals surface area contributed by atoms with Crippen molar-refractivity contribution in [1.82, 2.24) is 20.4 Å². The lowest BCUT2D eigenvalue weighted by molar-refractivity contribution is 0.202. The molecular weight excluding hydrogens is 192 g/mol. The van der Waals surface area contributed by atoms with Gasteiger partial charge in [0.1, 0.15) is 0 Å². The standard InChI is InChI=1S/C10H18N4O/c1-11-9-2-5-14(6-3-9)7-4-10-12-8-15-13-10/h8-9,11H,2-7H2,1H3. The predicted molar refractivity (Wildman–Crippen MR) is 56.5 cm³/mol. The average molecular weight is 210 g/mol. The van der Waals surface area contributed by atoms with Gasteiger partial charge in [0.25, 0.3) is 0 Å². The van der Waals surface area contributed by atoms with E-state index in [1.165, 1.54) is 32.3 Å². The average Bonchev–Trinajstić information content (AvgIpc) is 2.80. The summed E-state index contributed by atoms with van der Waals surface area (Å²) >= 11 is 0. The van der Waals surface area contributed by atoms with Crippen molar-refractivity contribution in [2.75, 3.05) is 26.7 Å². The van der Waals surface area contributed by atoms with Gasteiger partial charge in [0.15, 0.2) is 5.82 Å². The van der Waals surface area contributed by atoms with Crippen molar-refractivity contribution >= 4 is 0 Å². The number of hydrogen-bond acceptors (Lipinski definition) is 5. The van der Waals surface area contributed by atoms with E-state index >= 15 is 0 Å². The van der Waals surface area contributed by atoms with Crippen molar-refractivity contribution in [3.05, 3.63) is 12.2 Å². The van der Waals surface area contributed by atoms with Crippen LogP contribution in [0.5, 0.6) is 0 Å². The molecule has 1 aromatic heterocycles. The minimum atomic E-state index is 0.700. The lowest BCUT2D eigenvalue weighted by atomic mass is 10.1. The third kappa shape index (κ3) is 3.00. The zero-order valence-electron chi connectivity index (χ0n) is 9.15. The van der Waals surface area contributed by atoms with Crippen molar-refractivity contribution in [2.24, 2.45) is 0 Å². The molecule has 2 heterocycles. The highest BCUT2D eigenvalue weighted by molar-refractivity contribution is 4.82. The van der Waals surface area contributed by atoms with Crippen molar-refractivity contribution in [3.8, 4) is 0 Å². The molecule has 1 N–H and O–H groups in total. The normalized spacial score (nSPS) is 19.5. The molecule has 1 aliphatic rings. The van der Waals surface area contributed by atoms with Crippen LogP contribution in [-0.4, -0.2) is 47.8 Å². The first kappa shape index (κ1) is 10.6. The molecular formula is C10H18N4O. The first-order valence-corrected chi connectivity index (χ1v) is 5.53. The van der Waals surface area contributed by atoms with Crippen molar-refractivity contribution in [2.45, 2.75) is 25.3 Å². The van der Waals surface area contributed by atoms with Crippen LogP contribution in [0.25, 0.3) is 0 Å². The van der Waals surface area contributed by atoms with Gasteiger partial charge in [-0.1, -0.05) is 5.16 Å². The summed E-state index contributed by atoms with van der Waals surface area (Å²) in [5.41, 5.74) is 0. The Morgan fingerprint density at radius 3 is 2.93 bits per heavy atom. The van der Waals surface area contributed by atoms with Crippen molar-refractivity contribution < 1.29 is 4.52 Å². The second-order valence-electron chi connectivity index (χ2n) is 4.00. The Morgan fingerprint density at radius 2 is 2.33 bits per heavy atom. The quantitative estimate of drug-likeness (QED) is 0.774. The summed E-state index contributed by atoms with van der Waals surface area (Å²) in [6.07, 6.45) is 4.76. The highest BCUT2D eigenvalue weighted by Crippen LogP contribution is 2.09. The molecule has 0 aromatic carbocycles. The number of rotatable bonds is 4. The Hall–Kier alpha value is -0.940. The summed E-state index contributed by atoms with van der Waals surface area (Å²) < 4.78 is 4.70. The first-order chi connectivity index (χ1) is 7.38. The topological polar surface area (TPSA) is 54.2 Å². The van der Waals surface area contributed by atoms with E-state index in [4.69, 9.17) is 4.52 Å². The Kier molecular flexibility index (Phi) is 3.69. The van der Waals surface area contributed by atoms with Gasteiger partial charge in [-0.15, -0.1) is 0 Å². The van der Waals surface area contributed by atoms with E-state index < -0.39 is 0 Å². The van der Waals surface area contributed by atoms with Gasteiger partial charge in [0, 0.05) is 19.0 Å². The third-order valence-electron chi connectivity index (χ3n) is 3.05. The zero-order valence-corrected chi connectivity index (χ0v) is 9.15. The lowest BCUT2D eigenvalue weighted by Gasteiger charge is -2.31. The van der Waals surface area contributed by atoms with Crippen LogP contribution < -0.4 is 5.32 Å². The fourth-order valence-corrected chi connectivity index (χ4v) is 2.01. The molecule has 5 heteroatoms. The van der Waals surface area contributed by atoms with Crippen LogP contribution in [0.1, 0.15) is 18.7 Å². The summed E-state index contributed by atoms with van der Waals surface area (Å²) in [5, 5.41) is 7.13. The SMILES string of the molecule is CNC1CCN(CCc2ncon2)CC1. The molecule has 0 bridgehead atoms. The summed E-state index contributed by atoms with van der Waals surface area (Å²) in [4.78, 5) is 6.48. The van der Waals surface area contributed by atoms with Gasteiger partial charge in [0.2, 0.25) is 6.39 Å². The van der Waals surface area contributed by atoms with Gasteiger partial charge in [0.05, 0.1) is 0 Å². The highest BCUT2D eigenvalue weighted by Gasteiger charge is 2.17. The second-order valence-corrected chi connectivity index (χ2v) is 4.00.